The Morgan fingerprint density at radius 2 is 1.45 bits per heavy atom. The summed E-state index contributed by atoms with van der Waals surface area (Å²) < 4.78 is 2.43. The van der Waals surface area contributed by atoms with Gasteiger partial charge in [0.15, 0.2) is 0 Å². The number of hydrogen-bond acceptors (Lipinski definition) is 1. The molecule has 0 radical (unpaired) electrons. The van der Waals surface area contributed by atoms with Crippen LogP contribution in [-0.2, 0) is 0 Å². The lowest BCUT2D eigenvalue weighted by molar-refractivity contribution is 0.997. The minimum Gasteiger partial charge on any atom is -0.295 e. The first kappa shape index (κ1) is 15.8. The Kier molecular flexibility index (Phi) is 2.99. The van der Waals surface area contributed by atoms with Crippen LogP contribution in [0.25, 0.3) is 49.0 Å². The van der Waals surface area contributed by atoms with Gasteiger partial charge in [0.2, 0.25) is 0 Å². The number of halogens is 1. The molecule has 29 heavy (non-hydrogen) atoms. The molecule has 0 bridgehead atoms. The van der Waals surface area contributed by atoms with Crippen LogP contribution in [0.1, 0.15) is 24.5 Å². The Bertz CT molecular complexity index is 1620. The zero-order valence-electron chi connectivity index (χ0n) is 15.7. The van der Waals surface area contributed by atoms with Gasteiger partial charge in [-0.05, 0) is 59.2 Å². The molecule has 2 aromatic heterocycles. The first-order valence-corrected chi connectivity index (χ1v) is 10.5. The lowest BCUT2D eigenvalue weighted by Gasteiger charge is -2.11. The van der Waals surface area contributed by atoms with Crippen LogP contribution in [0, 0.1) is 0 Å². The molecule has 1 aliphatic carbocycles. The predicted molar refractivity (Wildman–Crippen MR) is 122 cm³/mol. The third-order valence-corrected chi connectivity index (χ3v) is 6.58. The van der Waals surface area contributed by atoms with Gasteiger partial charge in [0.05, 0.1) is 11.0 Å². The van der Waals surface area contributed by atoms with Crippen LogP contribution in [-0.4, -0.2) is 9.38 Å². The number of imidazole rings is 1. The summed E-state index contributed by atoms with van der Waals surface area (Å²) >= 11 is 6.33. The van der Waals surface area contributed by atoms with Gasteiger partial charge in [0.1, 0.15) is 5.65 Å². The van der Waals surface area contributed by atoms with Crippen LogP contribution in [0.4, 0.5) is 0 Å². The van der Waals surface area contributed by atoms with Crippen molar-refractivity contribution in [3.63, 3.8) is 0 Å². The lowest BCUT2D eigenvalue weighted by atomic mass is 10.00. The van der Waals surface area contributed by atoms with Gasteiger partial charge in [-0.3, -0.25) is 4.40 Å². The van der Waals surface area contributed by atoms with Crippen molar-refractivity contribution in [3.05, 3.63) is 83.5 Å². The Balaban J connectivity index is 1.84. The lowest BCUT2D eigenvalue weighted by Crippen LogP contribution is -1.97. The average Bonchev–Trinajstić information content (AvgIpc) is 3.52. The number of nitrogens with zero attached hydrogens (tertiary/aromatic N) is 2. The SMILES string of the molecule is Clc1ccc2c(c1)cc(C1CC1)n1c2nc2c3ccccc3c3ccccc3c21. The quantitative estimate of drug-likeness (QED) is 0.265. The Morgan fingerprint density at radius 1 is 0.759 bits per heavy atom. The van der Waals surface area contributed by atoms with Crippen LogP contribution >= 0.6 is 11.6 Å². The average molecular weight is 393 g/mol. The third-order valence-electron chi connectivity index (χ3n) is 6.34. The van der Waals surface area contributed by atoms with Crippen LogP contribution in [0.2, 0.25) is 5.02 Å². The van der Waals surface area contributed by atoms with E-state index in [1.165, 1.54) is 51.0 Å². The highest BCUT2D eigenvalue weighted by molar-refractivity contribution is 6.31. The molecular weight excluding hydrogens is 376 g/mol. The topological polar surface area (TPSA) is 17.3 Å². The Morgan fingerprint density at radius 3 is 2.21 bits per heavy atom. The standard InChI is InChI=1S/C26H17ClN2/c27-17-11-12-18-16(13-17)14-23(15-9-10-15)29-25-22-8-4-2-6-20(22)19-5-1-3-7-21(19)24(25)28-26(18)29/h1-8,11-15H,9-10H2. The summed E-state index contributed by atoms with van der Waals surface area (Å²) in [6, 6.07) is 25.8. The van der Waals surface area contributed by atoms with Gasteiger partial charge < -0.3 is 0 Å². The van der Waals surface area contributed by atoms with E-state index in [2.05, 4.69) is 71.1 Å². The maximum Gasteiger partial charge on any atom is 0.146 e. The second-order valence-electron chi connectivity index (χ2n) is 8.13. The van der Waals surface area contributed by atoms with Gasteiger partial charge in [-0.2, -0.15) is 0 Å². The van der Waals surface area contributed by atoms with Gasteiger partial charge in [-0.1, -0.05) is 60.1 Å². The highest BCUT2D eigenvalue weighted by Gasteiger charge is 2.28. The fraction of sp³-hybridized carbons (Fsp3) is 0.115. The summed E-state index contributed by atoms with van der Waals surface area (Å²) in [4.78, 5) is 5.24. The fourth-order valence-corrected chi connectivity index (χ4v) is 5.08. The highest BCUT2D eigenvalue weighted by atomic mass is 35.5. The predicted octanol–water partition coefficient (Wildman–Crippen LogP) is 7.48. The van der Waals surface area contributed by atoms with Crippen molar-refractivity contribution in [2.45, 2.75) is 18.8 Å². The summed E-state index contributed by atoms with van der Waals surface area (Å²) in [7, 11) is 0. The molecule has 138 valence electrons. The number of fused-ring (bicyclic) bond motifs is 10. The van der Waals surface area contributed by atoms with Crippen molar-refractivity contribution in [1.29, 1.82) is 0 Å². The van der Waals surface area contributed by atoms with Crippen molar-refractivity contribution in [1.82, 2.24) is 9.38 Å². The van der Waals surface area contributed by atoms with Crippen LogP contribution in [0.3, 0.4) is 0 Å². The molecular formula is C26H17ClN2. The fourth-order valence-electron chi connectivity index (χ4n) is 4.90. The molecule has 0 saturated heterocycles. The molecule has 1 aliphatic rings. The van der Waals surface area contributed by atoms with E-state index in [0.29, 0.717) is 5.92 Å². The minimum atomic E-state index is 0.600. The van der Waals surface area contributed by atoms with Crippen LogP contribution in [0.15, 0.2) is 72.8 Å². The summed E-state index contributed by atoms with van der Waals surface area (Å²) in [6.07, 6.45) is 2.48. The normalized spacial score (nSPS) is 14.7. The number of rotatable bonds is 1. The Hall–Kier alpha value is -3.10. The molecule has 1 fully saturated rings. The van der Waals surface area contributed by atoms with Crippen molar-refractivity contribution in [2.24, 2.45) is 0 Å². The van der Waals surface area contributed by atoms with E-state index in [1.807, 2.05) is 6.07 Å². The largest absolute Gasteiger partial charge is 0.295 e. The smallest absolute Gasteiger partial charge is 0.146 e. The molecule has 4 aromatic carbocycles. The van der Waals surface area contributed by atoms with Crippen LogP contribution < -0.4 is 0 Å². The van der Waals surface area contributed by atoms with Crippen molar-refractivity contribution >= 4 is 60.6 Å². The van der Waals surface area contributed by atoms with Gasteiger partial charge in [0, 0.05) is 26.9 Å². The molecule has 3 heteroatoms. The summed E-state index contributed by atoms with van der Waals surface area (Å²) in [5.41, 5.74) is 4.71. The van der Waals surface area contributed by atoms with Gasteiger partial charge in [-0.15, -0.1) is 0 Å². The maximum absolute atomic E-state index is 6.33. The summed E-state index contributed by atoms with van der Waals surface area (Å²) in [5, 5.41) is 8.14. The van der Waals surface area contributed by atoms with E-state index >= 15 is 0 Å². The highest BCUT2D eigenvalue weighted by Crippen LogP contribution is 2.44. The van der Waals surface area contributed by atoms with E-state index in [-0.39, 0.29) is 0 Å². The molecule has 0 aliphatic heterocycles. The van der Waals surface area contributed by atoms with Crippen molar-refractivity contribution in [3.8, 4) is 0 Å². The van der Waals surface area contributed by atoms with Crippen molar-refractivity contribution < 1.29 is 0 Å². The van der Waals surface area contributed by atoms with Crippen LogP contribution in [0.5, 0.6) is 0 Å². The Labute approximate surface area is 172 Å². The molecule has 2 heterocycles. The molecule has 1 saturated carbocycles. The molecule has 6 aromatic rings. The van der Waals surface area contributed by atoms with Gasteiger partial charge >= 0.3 is 0 Å². The van der Waals surface area contributed by atoms with Gasteiger partial charge in [-0.25, -0.2) is 4.98 Å². The molecule has 0 unspecified atom stereocenters. The number of pyridine rings is 1. The van der Waals surface area contributed by atoms with Crippen molar-refractivity contribution in [2.75, 3.05) is 0 Å². The minimum absolute atomic E-state index is 0.600. The van der Waals surface area contributed by atoms with Gasteiger partial charge in [0.25, 0.3) is 0 Å². The van der Waals surface area contributed by atoms with E-state index in [1.54, 1.807) is 0 Å². The first-order chi connectivity index (χ1) is 14.3. The summed E-state index contributed by atoms with van der Waals surface area (Å²) in [5.74, 6) is 0.600. The number of benzene rings is 4. The summed E-state index contributed by atoms with van der Waals surface area (Å²) in [6.45, 7) is 0. The molecule has 2 nitrogen and oxygen atoms in total. The van der Waals surface area contributed by atoms with E-state index in [0.717, 1.165) is 21.6 Å². The zero-order valence-corrected chi connectivity index (χ0v) is 16.4. The second kappa shape index (κ2) is 5.49. The molecule has 0 N–H and O–H groups in total. The van der Waals surface area contributed by atoms with E-state index in [9.17, 15) is 0 Å². The number of hydrogen-bond donors (Lipinski definition) is 0. The maximum atomic E-state index is 6.33. The van der Waals surface area contributed by atoms with E-state index in [4.69, 9.17) is 16.6 Å². The molecule has 0 atom stereocenters. The second-order valence-corrected chi connectivity index (χ2v) is 8.57. The molecule has 7 rings (SSSR count). The molecule has 0 spiro atoms. The zero-order chi connectivity index (χ0) is 19.1. The first-order valence-electron chi connectivity index (χ1n) is 10.1. The monoisotopic (exact) mass is 392 g/mol. The molecule has 0 amide bonds. The third kappa shape index (κ3) is 2.10. The van der Waals surface area contributed by atoms with E-state index < -0.39 is 0 Å². The number of aromatic nitrogens is 2.